The van der Waals surface area contributed by atoms with Crippen LogP contribution < -0.4 is 4.90 Å². The smallest absolute Gasteiger partial charge is 0.224 e. The molecule has 3 heterocycles. The lowest BCUT2D eigenvalue weighted by Gasteiger charge is -2.26. The van der Waals surface area contributed by atoms with E-state index in [-0.39, 0.29) is 0 Å². The molecule has 0 unspecified atom stereocenters. The van der Waals surface area contributed by atoms with Crippen molar-refractivity contribution in [3.05, 3.63) is 42.2 Å². The first-order chi connectivity index (χ1) is 11.7. The Bertz CT molecular complexity index is 833. The summed E-state index contributed by atoms with van der Waals surface area (Å²) < 4.78 is 9.12. The van der Waals surface area contributed by atoms with Crippen LogP contribution in [0, 0.1) is 6.92 Å². The van der Waals surface area contributed by atoms with Gasteiger partial charge in [0.05, 0.1) is 18.9 Å². The van der Waals surface area contributed by atoms with Gasteiger partial charge in [0, 0.05) is 38.1 Å². The summed E-state index contributed by atoms with van der Waals surface area (Å²) in [7, 11) is 1.93. The number of ether oxygens (including phenoxy) is 1. The zero-order valence-corrected chi connectivity index (χ0v) is 13.9. The average Bonchev–Trinajstić information content (AvgIpc) is 3.25. The zero-order chi connectivity index (χ0) is 16.5. The summed E-state index contributed by atoms with van der Waals surface area (Å²) in [5.41, 5.74) is 3.13. The number of aryl methyl sites for hydroxylation is 2. The van der Waals surface area contributed by atoms with Gasteiger partial charge in [-0.2, -0.15) is 10.1 Å². The van der Waals surface area contributed by atoms with E-state index < -0.39 is 0 Å². The quantitative estimate of drug-likeness (QED) is 0.735. The fraction of sp³-hybridized carbons (Fsp3) is 0.353. The predicted molar refractivity (Wildman–Crippen MR) is 91.3 cm³/mol. The Morgan fingerprint density at radius 1 is 1.17 bits per heavy atom. The fourth-order valence-corrected chi connectivity index (χ4v) is 2.96. The van der Waals surface area contributed by atoms with E-state index in [2.05, 4.69) is 40.2 Å². The van der Waals surface area contributed by atoms with Gasteiger partial charge in [0.1, 0.15) is 0 Å². The van der Waals surface area contributed by atoms with Crippen LogP contribution in [-0.2, 0) is 11.8 Å². The minimum Gasteiger partial charge on any atom is -0.378 e. The van der Waals surface area contributed by atoms with Crippen molar-refractivity contribution in [3.8, 4) is 17.1 Å². The molecule has 0 atom stereocenters. The molecule has 1 saturated heterocycles. The van der Waals surface area contributed by atoms with Gasteiger partial charge < -0.3 is 9.64 Å². The summed E-state index contributed by atoms with van der Waals surface area (Å²) in [4.78, 5) is 7.00. The minimum absolute atomic E-state index is 0.712. The first kappa shape index (κ1) is 14.9. The zero-order valence-electron chi connectivity index (χ0n) is 13.9. The summed E-state index contributed by atoms with van der Waals surface area (Å²) in [6.07, 6.45) is 3.71. The SMILES string of the molecule is Cc1ccc(-c2nc(N3CCOCC3)n(C)n2)c(-n2cccn2)c1. The molecule has 3 aromatic rings. The van der Waals surface area contributed by atoms with Crippen molar-refractivity contribution in [1.82, 2.24) is 24.5 Å². The van der Waals surface area contributed by atoms with Crippen LogP contribution in [0.2, 0.25) is 0 Å². The van der Waals surface area contributed by atoms with Crippen molar-refractivity contribution in [3.63, 3.8) is 0 Å². The standard InChI is InChI=1S/C17H20N6O/c1-13-4-5-14(15(12-13)23-7-3-6-18-23)16-19-17(21(2)20-16)22-8-10-24-11-9-22/h3-7,12H,8-11H2,1-2H3. The van der Waals surface area contributed by atoms with E-state index in [9.17, 15) is 0 Å². The molecule has 1 aromatic carbocycles. The van der Waals surface area contributed by atoms with E-state index >= 15 is 0 Å². The van der Waals surface area contributed by atoms with Crippen LogP contribution in [-0.4, -0.2) is 50.8 Å². The highest BCUT2D eigenvalue weighted by atomic mass is 16.5. The highest BCUT2D eigenvalue weighted by Gasteiger charge is 2.20. The minimum atomic E-state index is 0.712. The lowest BCUT2D eigenvalue weighted by molar-refractivity contribution is 0.121. The van der Waals surface area contributed by atoms with Crippen molar-refractivity contribution in [2.45, 2.75) is 6.92 Å². The number of hydrogen-bond donors (Lipinski definition) is 0. The topological polar surface area (TPSA) is 61.0 Å². The van der Waals surface area contributed by atoms with E-state index in [1.807, 2.05) is 28.7 Å². The van der Waals surface area contributed by atoms with Gasteiger partial charge in [-0.3, -0.25) is 0 Å². The number of nitrogens with zero attached hydrogens (tertiary/aromatic N) is 6. The van der Waals surface area contributed by atoms with Gasteiger partial charge in [-0.1, -0.05) is 6.07 Å². The Morgan fingerprint density at radius 2 is 2.00 bits per heavy atom. The van der Waals surface area contributed by atoms with Crippen LogP contribution >= 0.6 is 0 Å². The molecule has 1 aliphatic heterocycles. The molecule has 7 nitrogen and oxygen atoms in total. The van der Waals surface area contributed by atoms with Crippen LogP contribution in [0.5, 0.6) is 0 Å². The van der Waals surface area contributed by atoms with E-state index in [1.54, 1.807) is 6.20 Å². The molecule has 0 aliphatic carbocycles. The molecule has 1 aliphatic rings. The largest absolute Gasteiger partial charge is 0.378 e. The number of rotatable bonds is 3. The van der Waals surface area contributed by atoms with Crippen molar-refractivity contribution < 1.29 is 4.74 Å². The summed E-state index contributed by atoms with van der Waals surface area (Å²) in [6, 6.07) is 8.15. The van der Waals surface area contributed by atoms with Gasteiger partial charge in [-0.05, 0) is 30.7 Å². The average molecular weight is 324 g/mol. The second-order valence-corrected chi connectivity index (χ2v) is 5.93. The maximum absolute atomic E-state index is 5.42. The normalized spacial score (nSPS) is 15.0. The first-order valence-corrected chi connectivity index (χ1v) is 8.07. The van der Waals surface area contributed by atoms with Gasteiger partial charge in [0.2, 0.25) is 5.95 Å². The number of aromatic nitrogens is 5. The van der Waals surface area contributed by atoms with Gasteiger partial charge in [0.25, 0.3) is 0 Å². The molecule has 124 valence electrons. The Kier molecular flexibility index (Phi) is 3.78. The van der Waals surface area contributed by atoms with E-state index in [4.69, 9.17) is 9.72 Å². The molecule has 4 rings (SSSR count). The highest BCUT2D eigenvalue weighted by Crippen LogP contribution is 2.27. The predicted octanol–water partition coefficient (Wildman–Crippen LogP) is 1.81. The summed E-state index contributed by atoms with van der Waals surface area (Å²) >= 11 is 0. The molecule has 7 heteroatoms. The Labute approximate surface area is 140 Å². The van der Waals surface area contributed by atoms with Crippen molar-refractivity contribution >= 4 is 5.95 Å². The number of hydrogen-bond acceptors (Lipinski definition) is 5. The molecule has 2 aromatic heterocycles. The number of morpholine rings is 1. The molecular weight excluding hydrogens is 304 g/mol. The van der Waals surface area contributed by atoms with E-state index in [1.165, 1.54) is 5.56 Å². The molecule has 24 heavy (non-hydrogen) atoms. The molecule has 0 amide bonds. The van der Waals surface area contributed by atoms with Crippen molar-refractivity contribution in [2.24, 2.45) is 7.05 Å². The second kappa shape index (κ2) is 6.09. The molecule has 1 fully saturated rings. The van der Waals surface area contributed by atoms with Crippen LogP contribution in [0.1, 0.15) is 5.56 Å². The molecule has 0 spiro atoms. The fourth-order valence-electron chi connectivity index (χ4n) is 2.96. The van der Waals surface area contributed by atoms with Crippen molar-refractivity contribution in [2.75, 3.05) is 31.2 Å². The molecule has 0 saturated carbocycles. The number of anilines is 1. The lowest BCUT2D eigenvalue weighted by atomic mass is 10.1. The van der Waals surface area contributed by atoms with Gasteiger partial charge >= 0.3 is 0 Å². The van der Waals surface area contributed by atoms with E-state index in [0.717, 1.165) is 43.5 Å². The molecule has 0 radical (unpaired) electrons. The number of benzene rings is 1. The molecular formula is C17H20N6O. The van der Waals surface area contributed by atoms with Crippen LogP contribution in [0.3, 0.4) is 0 Å². The maximum atomic E-state index is 5.42. The third kappa shape index (κ3) is 2.67. The van der Waals surface area contributed by atoms with Crippen LogP contribution in [0.15, 0.2) is 36.7 Å². The highest BCUT2D eigenvalue weighted by molar-refractivity contribution is 5.68. The Hall–Kier alpha value is -2.67. The first-order valence-electron chi connectivity index (χ1n) is 8.07. The van der Waals surface area contributed by atoms with Crippen LogP contribution in [0.4, 0.5) is 5.95 Å². The van der Waals surface area contributed by atoms with Crippen molar-refractivity contribution in [1.29, 1.82) is 0 Å². The van der Waals surface area contributed by atoms with Gasteiger partial charge in [0.15, 0.2) is 5.82 Å². The second-order valence-electron chi connectivity index (χ2n) is 5.93. The summed E-state index contributed by atoms with van der Waals surface area (Å²) in [6.45, 7) is 5.20. The summed E-state index contributed by atoms with van der Waals surface area (Å²) in [5.74, 6) is 1.59. The monoisotopic (exact) mass is 324 g/mol. The van der Waals surface area contributed by atoms with E-state index in [0.29, 0.717) is 5.82 Å². The molecule has 0 bridgehead atoms. The van der Waals surface area contributed by atoms with Gasteiger partial charge in [-0.25, -0.2) is 9.36 Å². The van der Waals surface area contributed by atoms with Crippen LogP contribution in [0.25, 0.3) is 17.1 Å². The Balaban J connectivity index is 1.77. The summed E-state index contributed by atoms with van der Waals surface area (Å²) in [5, 5.41) is 9.00. The third-order valence-corrected chi connectivity index (χ3v) is 4.18. The van der Waals surface area contributed by atoms with Gasteiger partial charge in [-0.15, -0.1) is 5.10 Å². The lowest BCUT2D eigenvalue weighted by Crippen LogP contribution is -2.37. The third-order valence-electron chi connectivity index (χ3n) is 4.18. The Morgan fingerprint density at radius 3 is 2.75 bits per heavy atom. The molecule has 0 N–H and O–H groups in total. The maximum Gasteiger partial charge on any atom is 0.224 e.